The summed E-state index contributed by atoms with van der Waals surface area (Å²) in [6, 6.07) is 5.73. The van der Waals surface area contributed by atoms with Crippen LogP contribution < -0.4 is 0 Å². The fourth-order valence-corrected chi connectivity index (χ4v) is 4.93. The van der Waals surface area contributed by atoms with Gasteiger partial charge in [0, 0.05) is 18.1 Å². The first-order valence-corrected chi connectivity index (χ1v) is 9.15. The number of hydrogen-bond donors (Lipinski definition) is 2. The summed E-state index contributed by atoms with van der Waals surface area (Å²) in [6.45, 7) is 1.43. The van der Waals surface area contributed by atoms with E-state index in [0.717, 1.165) is 32.8 Å². The smallest absolute Gasteiger partial charge is 0.352 e. The van der Waals surface area contributed by atoms with Crippen molar-refractivity contribution in [3.63, 3.8) is 0 Å². The Morgan fingerprint density at radius 3 is 2.37 bits per heavy atom. The highest BCUT2D eigenvalue weighted by Gasteiger charge is 2.29. The van der Waals surface area contributed by atoms with E-state index in [-0.39, 0.29) is 32.9 Å². The first-order chi connectivity index (χ1) is 12.6. The first-order valence-electron chi connectivity index (χ1n) is 7.71. The summed E-state index contributed by atoms with van der Waals surface area (Å²) in [4.78, 5) is 22.4. The molecule has 0 radical (unpaired) electrons. The fraction of sp³-hybridized carbons (Fsp3) is 0.176. The van der Waals surface area contributed by atoms with Crippen LogP contribution in [0.15, 0.2) is 35.4 Å². The summed E-state index contributed by atoms with van der Waals surface area (Å²) < 4.78 is 42.1. The van der Waals surface area contributed by atoms with Crippen molar-refractivity contribution in [2.24, 2.45) is 7.05 Å². The first kappa shape index (κ1) is 18.6. The number of aromatic carboxylic acids is 1. The largest absolute Gasteiger partial charge is 0.481 e. The van der Waals surface area contributed by atoms with E-state index < -0.39 is 34.2 Å². The van der Waals surface area contributed by atoms with E-state index in [1.807, 2.05) is 0 Å². The molecule has 0 aliphatic rings. The topological polar surface area (TPSA) is 119 Å². The second kappa shape index (κ2) is 6.23. The maximum absolute atomic E-state index is 13.7. The number of carboxylic acids is 2. The predicted molar refractivity (Wildman–Crippen MR) is 92.9 cm³/mol. The lowest BCUT2D eigenvalue weighted by Gasteiger charge is -2.11. The summed E-state index contributed by atoms with van der Waals surface area (Å²) >= 11 is 0. The van der Waals surface area contributed by atoms with E-state index in [0.29, 0.717) is 0 Å². The van der Waals surface area contributed by atoms with Gasteiger partial charge in [-0.25, -0.2) is 13.2 Å². The average molecular weight is 394 g/mol. The molecular formula is C17H15FN2O6S. The van der Waals surface area contributed by atoms with Crippen molar-refractivity contribution in [3.05, 3.63) is 53.1 Å². The van der Waals surface area contributed by atoms with Crippen LogP contribution in [0.4, 0.5) is 4.39 Å². The van der Waals surface area contributed by atoms with Crippen LogP contribution in [0.2, 0.25) is 0 Å². The minimum atomic E-state index is -4.27. The lowest BCUT2D eigenvalue weighted by atomic mass is 10.1. The second-order valence-corrected chi connectivity index (χ2v) is 7.72. The van der Waals surface area contributed by atoms with Crippen molar-refractivity contribution in [1.29, 1.82) is 0 Å². The Hall–Kier alpha value is -3.14. The van der Waals surface area contributed by atoms with Gasteiger partial charge in [-0.15, -0.1) is 0 Å². The van der Waals surface area contributed by atoms with Crippen molar-refractivity contribution in [1.82, 2.24) is 8.54 Å². The van der Waals surface area contributed by atoms with Crippen molar-refractivity contribution in [3.8, 4) is 0 Å². The lowest BCUT2D eigenvalue weighted by molar-refractivity contribution is -0.136. The van der Waals surface area contributed by atoms with Crippen LogP contribution in [0.5, 0.6) is 0 Å². The van der Waals surface area contributed by atoms with E-state index in [1.54, 1.807) is 0 Å². The number of aliphatic carboxylic acids is 1. The Kier molecular flexibility index (Phi) is 4.31. The number of aromatic nitrogens is 2. The Balaban J connectivity index is 2.35. The number of rotatable bonds is 5. The molecule has 0 unspecified atom stereocenters. The van der Waals surface area contributed by atoms with Crippen molar-refractivity contribution in [2.75, 3.05) is 0 Å². The standard InChI is InChI=1S/C17H15FN2O6S/c1-9-11(8-16(21)22)12-7-10(18)3-4-13(12)20(9)27(25,26)15-6-5-14(17(23)24)19(15)2/h3-7H,8H2,1-2H3,(H,21,22)(H,23,24). The van der Waals surface area contributed by atoms with Crippen LogP contribution in [0.25, 0.3) is 10.9 Å². The van der Waals surface area contributed by atoms with Crippen LogP contribution >= 0.6 is 0 Å². The maximum atomic E-state index is 13.7. The number of carbonyl (C=O) groups is 2. The summed E-state index contributed by atoms with van der Waals surface area (Å²) in [5, 5.41) is 18.2. The molecule has 142 valence electrons. The highest BCUT2D eigenvalue weighted by molar-refractivity contribution is 7.90. The van der Waals surface area contributed by atoms with Gasteiger partial charge in [-0.05, 0) is 42.8 Å². The summed E-state index contributed by atoms with van der Waals surface area (Å²) in [5.74, 6) is -3.11. The molecule has 0 aliphatic carbocycles. The van der Waals surface area contributed by atoms with Crippen molar-refractivity contribution >= 4 is 32.9 Å². The molecule has 2 heterocycles. The van der Waals surface area contributed by atoms with E-state index in [2.05, 4.69) is 0 Å². The molecule has 8 nitrogen and oxygen atoms in total. The molecule has 0 fully saturated rings. The quantitative estimate of drug-likeness (QED) is 0.683. The number of carboxylic acid groups (broad SMARTS) is 2. The van der Waals surface area contributed by atoms with Gasteiger partial charge >= 0.3 is 11.9 Å². The van der Waals surface area contributed by atoms with Gasteiger partial charge < -0.3 is 14.8 Å². The van der Waals surface area contributed by atoms with Crippen LogP contribution in [0.3, 0.4) is 0 Å². The minimum absolute atomic E-state index is 0.114. The van der Waals surface area contributed by atoms with Gasteiger partial charge in [0.1, 0.15) is 11.5 Å². The zero-order chi connectivity index (χ0) is 20.1. The molecule has 0 atom stereocenters. The average Bonchev–Trinajstić information content (AvgIpc) is 3.07. The molecule has 3 aromatic rings. The fourth-order valence-electron chi connectivity index (χ4n) is 3.17. The minimum Gasteiger partial charge on any atom is -0.481 e. The molecule has 10 heteroatoms. The summed E-state index contributed by atoms with van der Waals surface area (Å²) in [6.07, 6.45) is -0.484. The van der Waals surface area contributed by atoms with E-state index in [9.17, 15) is 22.4 Å². The Morgan fingerprint density at radius 2 is 1.81 bits per heavy atom. The molecule has 0 bridgehead atoms. The molecule has 0 spiro atoms. The normalized spacial score (nSPS) is 11.8. The molecular weight excluding hydrogens is 379 g/mol. The van der Waals surface area contributed by atoms with Gasteiger partial charge in [-0.2, -0.15) is 8.42 Å². The third-order valence-corrected chi connectivity index (χ3v) is 6.26. The number of benzene rings is 1. The number of halogens is 1. The van der Waals surface area contributed by atoms with Crippen molar-refractivity contribution < 1.29 is 32.6 Å². The van der Waals surface area contributed by atoms with Gasteiger partial charge in [0.2, 0.25) is 0 Å². The molecule has 0 saturated carbocycles. The van der Waals surface area contributed by atoms with Crippen LogP contribution in [-0.4, -0.2) is 39.1 Å². The predicted octanol–water partition coefficient (Wildman–Crippen LogP) is 1.99. The van der Waals surface area contributed by atoms with Crippen molar-refractivity contribution in [2.45, 2.75) is 18.4 Å². The lowest BCUT2D eigenvalue weighted by Crippen LogP contribution is -2.19. The van der Waals surface area contributed by atoms with Gasteiger partial charge in [0.15, 0.2) is 5.03 Å². The van der Waals surface area contributed by atoms with Gasteiger partial charge in [-0.1, -0.05) is 0 Å². The Labute approximate surface area is 153 Å². The molecule has 2 N–H and O–H groups in total. The molecule has 0 aliphatic heterocycles. The molecule has 3 rings (SSSR count). The molecule has 0 amide bonds. The van der Waals surface area contributed by atoms with Crippen LogP contribution in [0, 0.1) is 12.7 Å². The summed E-state index contributed by atoms with van der Waals surface area (Å²) in [5.41, 5.74) is 0.187. The number of fused-ring (bicyclic) bond motifs is 1. The number of nitrogens with zero attached hydrogens (tertiary/aromatic N) is 2. The SMILES string of the molecule is Cc1c(CC(=O)O)c2cc(F)ccc2n1S(=O)(=O)c1ccc(C(=O)O)n1C. The van der Waals surface area contributed by atoms with Crippen LogP contribution in [-0.2, 0) is 28.3 Å². The van der Waals surface area contributed by atoms with Crippen LogP contribution in [0.1, 0.15) is 21.7 Å². The Bertz CT molecular complexity index is 1210. The highest BCUT2D eigenvalue weighted by atomic mass is 32.2. The maximum Gasteiger partial charge on any atom is 0.352 e. The van der Waals surface area contributed by atoms with E-state index >= 15 is 0 Å². The highest BCUT2D eigenvalue weighted by Crippen LogP contribution is 2.31. The van der Waals surface area contributed by atoms with E-state index in [4.69, 9.17) is 10.2 Å². The second-order valence-electron chi connectivity index (χ2n) is 5.99. The third-order valence-electron chi connectivity index (χ3n) is 4.37. The Morgan fingerprint density at radius 1 is 1.15 bits per heavy atom. The third kappa shape index (κ3) is 2.87. The molecule has 27 heavy (non-hydrogen) atoms. The molecule has 0 saturated heterocycles. The van der Waals surface area contributed by atoms with E-state index in [1.165, 1.54) is 20.0 Å². The molecule has 1 aromatic carbocycles. The van der Waals surface area contributed by atoms with Gasteiger partial charge in [0.25, 0.3) is 10.0 Å². The monoisotopic (exact) mass is 394 g/mol. The van der Waals surface area contributed by atoms with Gasteiger partial charge in [0.05, 0.1) is 11.9 Å². The zero-order valence-corrected chi connectivity index (χ0v) is 15.1. The zero-order valence-electron chi connectivity index (χ0n) is 14.3. The number of hydrogen-bond acceptors (Lipinski definition) is 4. The molecule has 2 aromatic heterocycles. The van der Waals surface area contributed by atoms with Gasteiger partial charge in [-0.3, -0.25) is 4.79 Å². The summed E-state index contributed by atoms with van der Waals surface area (Å²) in [7, 11) is -2.97.